The van der Waals surface area contributed by atoms with Crippen LogP contribution in [0.5, 0.6) is 11.5 Å². The lowest BCUT2D eigenvalue weighted by atomic mass is 10.0. The van der Waals surface area contributed by atoms with Crippen LogP contribution in [-0.2, 0) is 24.9 Å². The zero-order valence-electron chi connectivity index (χ0n) is 26.4. The summed E-state index contributed by atoms with van der Waals surface area (Å²) in [4.78, 5) is 20.6. The number of alkyl halides is 9. The van der Waals surface area contributed by atoms with Crippen LogP contribution in [0.2, 0.25) is 0 Å². The molecular weight excluding hydrogens is 734 g/mol. The number of hydrogen-bond acceptors (Lipinski definition) is 7. The summed E-state index contributed by atoms with van der Waals surface area (Å²) < 4.78 is 119. The molecule has 268 valence electrons. The van der Waals surface area contributed by atoms with Crippen LogP contribution in [0.4, 0.5) is 44.6 Å². The fraction of sp³-hybridized carbons (Fsp3) is 0.206. The Morgan fingerprint density at radius 3 is 1.88 bits per heavy atom. The Bertz CT molecular complexity index is 2270. The predicted octanol–water partition coefficient (Wildman–Crippen LogP) is 10.8. The highest BCUT2D eigenvalue weighted by atomic mass is 32.1. The summed E-state index contributed by atoms with van der Waals surface area (Å²) in [5.74, 6) is -1.83. The molecule has 51 heavy (non-hydrogen) atoms. The molecule has 0 fully saturated rings. The van der Waals surface area contributed by atoms with Gasteiger partial charge in [-0.1, -0.05) is 17.4 Å². The smallest absolute Gasteiger partial charge is 0.417 e. The van der Waals surface area contributed by atoms with Crippen LogP contribution in [0.3, 0.4) is 0 Å². The average molecular weight is 758 g/mol. The first-order chi connectivity index (χ1) is 23.6. The van der Waals surface area contributed by atoms with E-state index in [2.05, 4.69) is 15.3 Å². The van der Waals surface area contributed by atoms with Crippen LogP contribution in [0.15, 0.2) is 60.7 Å². The van der Waals surface area contributed by atoms with Crippen molar-refractivity contribution in [3.05, 3.63) is 110 Å². The molecule has 0 aliphatic carbocycles. The SMILES string of the molecule is Cc1cc(C(F)(F)F)c(C(=O)Nc2nc3ccc(C(F)(F)F)cc3s2)cc1O.Cc1ccc2nc(Cc3cc(O)c(C)cc3C(F)(F)F)sc2c1. The van der Waals surface area contributed by atoms with E-state index in [4.69, 9.17) is 0 Å². The van der Waals surface area contributed by atoms with Gasteiger partial charge in [0.05, 0.1) is 47.7 Å². The molecule has 6 aromatic rings. The van der Waals surface area contributed by atoms with Gasteiger partial charge in [0, 0.05) is 6.42 Å². The minimum Gasteiger partial charge on any atom is -0.508 e. The number of nitrogens with one attached hydrogen (secondary N) is 1. The molecule has 1 amide bonds. The van der Waals surface area contributed by atoms with E-state index < -0.39 is 52.4 Å². The number of thiazole rings is 2. The molecule has 0 saturated carbocycles. The maximum absolute atomic E-state index is 13.2. The number of rotatable bonds is 4. The number of amides is 1. The number of aromatic hydroxyl groups is 2. The van der Waals surface area contributed by atoms with Gasteiger partial charge in [-0.05, 0) is 97.6 Å². The predicted molar refractivity (Wildman–Crippen MR) is 175 cm³/mol. The van der Waals surface area contributed by atoms with Crippen LogP contribution >= 0.6 is 22.7 Å². The van der Waals surface area contributed by atoms with Crippen molar-refractivity contribution in [3.8, 4) is 11.5 Å². The second-order valence-electron chi connectivity index (χ2n) is 11.4. The molecule has 2 aromatic heterocycles. The van der Waals surface area contributed by atoms with Gasteiger partial charge in [0.2, 0.25) is 0 Å². The molecule has 0 bridgehead atoms. The molecule has 2 heterocycles. The summed E-state index contributed by atoms with van der Waals surface area (Å²) in [5, 5.41) is 22.0. The highest BCUT2D eigenvalue weighted by molar-refractivity contribution is 7.22. The summed E-state index contributed by atoms with van der Waals surface area (Å²) in [5.41, 5.74) is -1.52. The zero-order valence-corrected chi connectivity index (χ0v) is 28.0. The first-order valence-electron chi connectivity index (χ1n) is 14.6. The Morgan fingerprint density at radius 2 is 1.25 bits per heavy atom. The molecule has 0 spiro atoms. The van der Waals surface area contributed by atoms with Crippen LogP contribution in [0.25, 0.3) is 20.4 Å². The molecule has 17 heteroatoms. The number of fused-ring (bicyclic) bond motifs is 2. The monoisotopic (exact) mass is 757 g/mol. The fourth-order valence-electron chi connectivity index (χ4n) is 4.91. The number of aryl methyl sites for hydroxylation is 3. The number of anilines is 1. The van der Waals surface area contributed by atoms with Gasteiger partial charge in [0.1, 0.15) is 11.5 Å². The van der Waals surface area contributed by atoms with E-state index in [0.29, 0.717) is 28.5 Å². The van der Waals surface area contributed by atoms with Gasteiger partial charge in [-0.25, -0.2) is 9.97 Å². The van der Waals surface area contributed by atoms with E-state index in [1.807, 2.05) is 25.1 Å². The van der Waals surface area contributed by atoms with Crippen molar-refractivity contribution in [3.63, 3.8) is 0 Å². The maximum Gasteiger partial charge on any atom is 0.417 e. The van der Waals surface area contributed by atoms with E-state index in [9.17, 15) is 54.5 Å². The van der Waals surface area contributed by atoms with Gasteiger partial charge in [-0.15, -0.1) is 11.3 Å². The van der Waals surface area contributed by atoms with E-state index >= 15 is 0 Å². The van der Waals surface area contributed by atoms with Crippen molar-refractivity contribution in [1.29, 1.82) is 0 Å². The van der Waals surface area contributed by atoms with Crippen molar-refractivity contribution < 1.29 is 54.5 Å². The summed E-state index contributed by atoms with van der Waals surface area (Å²) in [7, 11) is 0. The summed E-state index contributed by atoms with van der Waals surface area (Å²) >= 11 is 2.06. The number of halogens is 9. The summed E-state index contributed by atoms with van der Waals surface area (Å²) in [6.45, 7) is 4.66. The number of phenols is 2. The van der Waals surface area contributed by atoms with Crippen LogP contribution < -0.4 is 5.32 Å². The molecular formula is C34H24F9N3O3S2. The first kappa shape index (κ1) is 37.4. The Morgan fingerprint density at radius 1 is 0.686 bits per heavy atom. The second kappa shape index (κ2) is 13.7. The number of aromatic nitrogens is 2. The Balaban J connectivity index is 0.000000201. The third-order valence-electron chi connectivity index (χ3n) is 7.48. The third-order valence-corrected chi connectivity index (χ3v) is 9.43. The number of carbonyl (C=O) groups excluding carboxylic acids is 1. The van der Waals surface area contributed by atoms with Gasteiger partial charge in [0.25, 0.3) is 5.91 Å². The summed E-state index contributed by atoms with van der Waals surface area (Å²) in [6.07, 6.45) is -13.8. The van der Waals surface area contributed by atoms with Crippen molar-refractivity contribution in [2.24, 2.45) is 0 Å². The van der Waals surface area contributed by atoms with E-state index in [-0.39, 0.29) is 44.2 Å². The van der Waals surface area contributed by atoms with E-state index in [1.54, 1.807) is 0 Å². The molecule has 4 aromatic carbocycles. The lowest BCUT2D eigenvalue weighted by Gasteiger charge is -2.14. The molecule has 0 atom stereocenters. The molecule has 6 rings (SSSR count). The van der Waals surface area contributed by atoms with Crippen LogP contribution in [0.1, 0.15) is 54.3 Å². The number of benzene rings is 4. The number of phenolic OH excluding ortho intramolecular Hbond substituents is 2. The van der Waals surface area contributed by atoms with E-state index in [0.717, 1.165) is 40.0 Å². The standard InChI is InChI=1S/C17H10F6N2O2S.C17H14F3NOS/c1-7-4-10(17(21,22)23)9(6-12(7)26)14(27)25-15-24-11-3-2-8(16(18,19)20)5-13(11)28-15;1-9-3-4-13-15(5-9)23-16(21-13)8-11-7-14(22)10(2)6-12(11)17(18,19)20/h2-6,26H,1H3,(H,24,25,27);3-7,22H,8H2,1-2H3. The molecule has 6 nitrogen and oxygen atoms in total. The van der Waals surface area contributed by atoms with Gasteiger partial charge in [-0.2, -0.15) is 39.5 Å². The van der Waals surface area contributed by atoms with Crippen molar-refractivity contribution in [1.82, 2.24) is 9.97 Å². The van der Waals surface area contributed by atoms with Crippen molar-refractivity contribution in [2.45, 2.75) is 45.7 Å². The quantitative estimate of drug-likeness (QED) is 0.156. The number of nitrogens with zero attached hydrogens (tertiary/aromatic N) is 2. The van der Waals surface area contributed by atoms with E-state index in [1.165, 1.54) is 31.3 Å². The normalized spacial score (nSPS) is 12.2. The molecule has 0 aliphatic heterocycles. The number of carbonyl (C=O) groups is 1. The average Bonchev–Trinajstić information content (AvgIpc) is 3.60. The van der Waals surface area contributed by atoms with Gasteiger partial charge in [0.15, 0.2) is 5.13 Å². The first-order valence-corrected chi connectivity index (χ1v) is 16.2. The highest BCUT2D eigenvalue weighted by Gasteiger charge is 2.37. The zero-order chi connectivity index (χ0) is 37.6. The molecule has 0 saturated heterocycles. The third kappa shape index (κ3) is 8.53. The van der Waals surface area contributed by atoms with Crippen molar-refractivity contribution >= 4 is 54.1 Å². The Kier molecular flexibility index (Phi) is 10.0. The highest BCUT2D eigenvalue weighted by Crippen LogP contribution is 2.39. The van der Waals surface area contributed by atoms with Gasteiger partial charge < -0.3 is 10.2 Å². The molecule has 0 radical (unpaired) electrons. The molecule has 3 N–H and O–H groups in total. The van der Waals surface area contributed by atoms with Crippen molar-refractivity contribution in [2.75, 3.05) is 5.32 Å². The second-order valence-corrected chi connectivity index (χ2v) is 13.5. The molecule has 0 aliphatic rings. The minimum absolute atomic E-state index is 0.0383. The van der Waals surface area contributed by atoms with Crippen LogP contribution in [0, 0.1) is 20.8 Å². The van der Waals surface area contributed by atoms with Crippen LogP contribution in [-0.4, -0.2) is 26.1 Å². The van der Waals surface area contributed by atoms with Gasteiger partial charge in [-0.3, -0.25) is 10.1 Å². The summed E-state index contributed by atoms with van der Waals surface area (Å²) in [6, 6.07) is 12.0. The topological polar surface area (TPSA) is 95.3 Å². The maximum atomic E-state index is 13.2. The largest absolute Gasteiger partial charge is 0.508 e. The number of hydrogen-bond donors (Lipinski definition) is 3. The lowest BCUT2D eigenvalue weighted by Crippen LogP contribution is -2.19. The minimum atomic E-state index is -4.85. The van der Waals surface area contributed by atoms with Gasteiger partial charge >= 0.3 is 18.5 Å². The Hall–Kier alpha value is -4.90. The lowest BCUT2D eigenvalue weighted by molar-refractivity contribution is -0.138. The Labute approximate surface area is 290 Å². The fourth-order valence-corrected chi connectivity index (χ4v) is 6.89. The molecule has 0 unspecified atom stereocenters.